The van der Waals surface area contributed by atoms with Crippen LogP contribution in [0.2, 0.25) is 0 Å². The molecule has 1 rings (SSSR count). The smallest absolute Gasteiger partial charge is 0.0138 e. The summed E-state index contributed by atoms with van der Waals surface area (Å²) >= 11 is 0. The molecule has 0 spiro atoms. The summed E-state index contributed by atoms with van der Waals surface area (Å²) in [4.78, 5) is 0. The zero-order chi connectivity index (χ0) is 10.8. The van der Waals surface area contributed by atoms with Crippen LogP contribution < -0.4 is 5.32 Å². The Morgan fingerprint density at radius 2 is 1.93 bits per heavy atom. The van der Waals surface area contributed by atoms with Crippen molar-refractivity contribution in [2.45, 2.75) is 26.2 Å². The Labute approximate surface area is 93.2 Å². The minimum Gasteiger partial charge on any atom is -0.313 e. The van der Waals surface area contributed by atoms with Crippen molar-refractivity contribution in [3.63, 3.8) is 0 Å². The molecule has 0 radical (unpaired) electrons. The van der Waals surface area contributed by atoms with Gasteiger partial charge in [0.2, 0.25) is 0 Å². The lowest BCUT2D eigenvalue weighted by Crippen LogP contribution is -2.14. The van der Waals surface area contributed by atoms with Crippen molar-refractivity contribution >= 4 is 6.08 Å². The molecule has 1 aromatic carbocycles. The molecule has 0 amide bonds. The van der Waals surface area contributed by atoms with E-state index in [0.717, 1.165) is 13.1 Å². The van der Waals surface area contributed by atoms with E-state index in [1.165, 1.54) is 24.8 Å². The van der Waals surface area contributed by atoms with Crippen LogP contribution in [0.15, 0.2) is 36.4 Å². The highest BCUT2D eigenvalue weighted by molar-refractivity contribution is 5.48. The Kier molecular flexibility index (Phi) is 6.59. The summed E-state index contributed by atoms with van der Waals surface area (Å²) < 4.78 is 0. The minimum absolute atomic E-state index is 0.971. The number of hydrogen-bond acceptors (Lipinski definition) is 1. The molecule has 0 heterocycles. The fourth-order valence-electron chi connectivity index (χ4n) is 1.44. The molecular formula is C14H21N. The third-order valence-electron chi connectivity index (χ3n) is 2.33. The molecule has 0 fully saturated rings. The van der Waals surface area contributed by atoms with Crippen molar-refractivity contribution in [3.05, 3.63) is 42.0 Å². The van der Waals surface area contributed by atoms with Gasteiger partial charge in [-0.15, -0.1) is 0 Å². The molecule has 15 heavy (non-hydrogen) atoms. The van der Waals surface area contributed by atoms with Gasteiger partial charge in [0.05, 0.1) is 0 Å². The van der Waals surface area contributed by atoms with Gasteiger partial charge in [-0.1, -0.05) is 62.2 Å². The van der Waals surface area contributed by atoms with Gasteiger partial charge in [-0.25, -0.2) is 0 Å². The van der Waals surface area contributed by atoms with Gasteiger partial charge in [0, 0.05) is 6.54 Å². The number of rotatable bonds is 7. The van der Waals surface area contributed by atoms with Crippen molar-refractivity contribution < 1.29 is 0 Å². The molecule has 0 atom stereocenters. The second-order valence-electron chi connectivity index (χ2n) is 3.72. The molecule has 0 aromatic heterocycles. The number of benzene rings is 1. The van der Waals surface area contributed by atoms with E-state index in [0.29, 0.717) is 0 Å². The number of nitrogens with one attached hydrogen (secondary N) is 1. The molecule has 0 aliphatic carbocycles. The Morgan fingerprint density at radius 3 is 2.67 bits per heavy atom. The third kappa shape index (κ3) is 6.08. The van der Waals surface area contributed by atoms with Crippen LogP contribution >= 0.6 is 0 Å². The van der Waals surface area contributed by atoms with E-state index in [2.05, 4.69) is 48.7 Å². The molecule has 0 unspecified atom stereocenters. The van der Waals surface area contributed by atoms with E-state index in [9.17, 15) is 0 Å². The zero-order valence-electron chi connectivity index (χ0n) is 9.58. The summed E-state index contributed by atoms with van der Waals surface area (Å²) in [6.45, 7) is 4.33. The van der Waals surface area contributed by atoms with E-state index < -0.39 is 0 Å². The second-order valence-corrected chi connectivity index (χ2v) is 3.72. The van der Waals surface area contributed by atoms with E-state index in [4.69, 9.17) is 0 Å². The van der Waals surface area contributed by atoms with Crippen LogP contribution in [0.1, 0.15) is 31.7 Å². The minimum atomic E-state index is 0.971. The monoisotopic (exact) mass is 203 g/mol. The van der Waals surface area contributed by atoms with Gasteiger partial charge in [0.25, 0.3) is 0 Å². The van der Waals surface area contributed by atoms with Gasteiger partial charge < -0.3 is 5.32 Å². The molecule has 1 heteroatoms. The fraction of sp³-hybridized carbons (Fsp3) is 0.429. The molecule has 1 aromatic rings. The predicted octanol–water partition coefficient (Wildman–Crippen LogP) is 3.48. The Hall–Kier alpha value is -1.08. The highest BCUT2D eigenvalue weighted by Gasteiger charge is 1.85. The van der Waals surface area contributed by atoms with Crippen LogP contribution in [0.4, 0.5) is 0 Å². The van der Waals surface area contributed by atoms with E-state index >= 15 is 0 Å². The van der Waals surface area contributed by atoms with Crippen LogP contribution in [-0.2, 0) is 0 Å². The van der Waals surface area contributed by atoms with Gasteiger partial charge >= 0.3 is 0 Å². The van der Waals surface area contributed by atoms with Gasteiger partial charge in [0.1, 0.15) is 0 Å². The molecule has 1 N–H and O–H groups in total. The fourth-order valence-corrected chi connectivity index (χ4v) is 1.44. The Bertz CT molecular complexity index is 264. The first-order valence-corrected chi connectivity index (χ1v) is 5.86. The van der Waals surface area contributed by atoms with Crippen molar-refractivity contribution in [2.75, 3.05) is 13.1 Å². The Morgan fingerprint density at radius 1 is 1.13 bits per heavy atom. The maximum absolute atomic E-state index is 3.40. The summed E-state index contributed by atoms with van der Waals surface area (Å²) in [5, 5.41) is 3.40. The van der Waals surface area contributed by atoms with Crippen molar-refractivity contribution in [3.8, 4) is 0 Å². The normalized spacial score (nSPS) is 11.0. The highest BCUT2D eigenvalue weighted by Crippen LogP contribution is 1.99. The molecule has 0 saturated carbocycles. The molecule has 0 aliphatic rings. The van der Waals surface area contributed by atoms with Crippen molar-refractivity contribution in [1.82, 2.24) is 5.32 Å². The Balaban J connectivity index is 2.07. The number of hydrogen-bond donors (Lipinski definition) is 1. The molecule has 0 saturated heterocycles. The van der Waals surface area contributed by atoms with Crippen LogP contribution in [0.25, 0.3) is 6.08 Å². The first-order chi connectivity index (χ1) is 7.43. The largest absolute Gasteiger partial charge is 0.313 e. The topological polar surface area (TPSA) is 12.0 Å². The summed E-state index contributed by atoms with van der Waals surface area (Å²) in [6.07, 6.45) is 8.25. The molecule has 82 valence electrons. The maximum atomic E-state index is 3.40. The average molecular weight is 203 g/mol. The van der Waals surface area contributed by atoms with Crippen LogP contribution in [0.5, 0.6) is 0 Å². The zero-order valence-corrected chi connectivity index (χ0v) is 9.58. The van der Waals surface area contributed by atoms with Gasteiger partial charge in [-0.3, -0.25) is 0 Å². The van der Waals surface area contributed by atoms with Crippen LogP contribution in [-0.4, -0.2) is 13.1 Å². The van der Waals surface area contributed by atoms with Crippen LogP contribution in [0, 0.1) is 0 Å². The first-order valence-electron chi connectivity index (χ1n) is 5.86. The summed E-state index contributed by atoms with van der Waals surface area (Å²) in [6, 6.07) is 10.4. The third-order valence-corrected chi connectivity index (χ3v) is 2.33. The lowest BCUT2D eigenvalue weighted by Gasteiger charge is -1.99. The quantitative estimate of drug-likeness (QED) is 0.669. The van der Waals surface area contributed by atoms with Gasteiger partial charge in [-0.05, 0) is 18.5 Å². The molecule has 1 nitrogen and oxygen atoms in total. The van der Waals surface area contributed by atoms with Crippen molar-refractivity contribution in [1.29, 1.82) is 0 Å². The predicted molar refractivity (Wildman–Crippen MR) is 67.9 cm³/mol. The second kappa shape index (κ2) is 8.25. The lowest BCUT2D eigenvalue weighted by molar-refractivity contribution is 0.647. The SMILES string of the molecule is CCCCCNCC=Cc1ccccc1. The van der Waals surface area contributed by atoms with E-state index in [1.807, 2.05) is 6.07 Å². The average Bonchev–Trinajstić information content (AvgIpc) is 2.29. The molecule has 0 aliphatic heterocycles. The first kappa shape index (κ1) is 12.0. The van der Waals surface area contributed by atoms with E-state index in [-0.39, 0.29) is 0 Å². The standard InChI is InChI=1S/C14H21N/c1-2-3-7-12-15-13-8-11-14-9-5-4-6-10-14/h4-6,8-11,15H,2-3,7,12-13H2,1H3. The lowest BCUT2D eigenvalue weighted by atomic mass is 10.2. The van der Waals surface area contributed by atoms with E-state index in [1.54, 1.807) is 0 Å². The maximum Gasteiger partial charge on any atom is 0.0138 e. The molecule has 0 bridgehead atoms. The summed E-state index contributed by atoms with van der Waals surface area (Å²) in [5.41, 5.74) is 1.27. The van der Waals surface area contributed by atoms with Gasteiger partial charge in [0.15, 0.2) is 0 Å². The molecular weight excluding hydrogens is 182 g/mol. The number of unbranched alkanes of at least 4 members (excludes halogenated alkanes) is 2. The van der Waals surface area contributed by atoms with Crippen LogP contribution in [0.3, 0.4) is 0 Å². The van der Waals surface area contributed by atoms with Gasteiger partial charge in [-0.2, -0.15) is 0 Å². The summed E-state index contributed by atoms with van der Waals surface area (Å²) in [5.74, 6) is 0. The summed E-state index contributed by atoms with van der Waals surface area (Å²) in [7, 11) is 0. The van der Waals surface area contributed by atoms with Crippen molar-refractivity contribution in [2.24, 2.45) is 0 Å². The highest BCUT2D eigenvalue weighted by atomic mass is 14.8.